The molecule has 5 nitrogen and oxygen atoms in total. The van der Waals surface area contributed by atoms with Gasteiger partial charge in [0.25, 0.3) is 5.91 Å². The smallest absolute Gasteiger partial charge is 0.255 e. The highest BCUT2D eigenvalue weighted by Gasteiger charge is 2.18. The number of benzene rings is 2. The van der Waals surface area contributed by atoms with E-state index < -0.39 is 0 Å². The van der Waals surface area contributed by atoms with Crippen molar-refractivity contribution in [3.05, 3.63) is 77.1 Å². The van der Waals surface area contributed by atoms with Crippen molar-refractivity contribution in [1.82, 2.24) is 15.1 Å². The molecule has 140 valence electrons. The predicted octanol–water partition coefficient (Wildman–Crippen LogP) is 3.92. The van der Waals surface area contributed by atoms with Crippen LogP contribution in [0.2, 0.25) is 0 Å². The zero-order valence-corrected chi connectivity index (χ0v) is 16.0. The van der Waals surface area contributed by atoms with Crippen LogP contribution in [-0.4, -0.2) is 28.8 Å². The Morgan fingerprint density at radius 1 is 1.19 bits per heavy atom. The molecule has 5 heteroatoms. The molecular formula is C22H25N3O2. The Hall–Kier alpha value is -3.08. The van der Waals surface area contributed by atoms with Gasteiger partial charge in [0.15, 0.2) is 0 Å². The molecule has 2 heterocycles. The van der Waals surface area contributed by atoms with E-state index in [1.807, 2.05) is 42.9 Å². The molecule has 1 aliphatic heterocycles. The molecule has 0 fully saturated rings. The molecule has 1 aliphatic rings. The summed E-state index contributed by atoms with van der Waals surface area (Å²) < 4.78 is 7.50. The van der Waals surface area contributed by atoms with Gasteiger partial charge < -0.3 is 10.1 Å². The van der Waals surface area contributed by atoms with Crippen LogP contribution in [0.1, 0.15) is 40.9 Å². The molecule has 0 saturated carbocycles. The molecule has 0 atom stereocenters. The van der Waals surface area contributed by atoms with E-state index in [1.165, 1.54) is 5.56 Å². The lowest BCUT2D eigenvalue weighted by atomic mass is 9.97. The lowest BCUT2D eigenvalue weighted by Crippen LogP contribution is -2.24. The molecule has 1 amide bonds. The fourth-order valence-electron chi connectivity index (χ4n) is 3.04. The number of nitrogens with zero attached hydrogens (tertiary/aromatic N) is 2. The third kappa shape index (κ3) is 4.19. The van der Waals surface area contributed by atoms with Crippen molar-refractivity contribution in [3.63, 3.8) is 0 Å². The van der Waals surface area contributed by atoms with Gasteiger partial charge in [0, 0.05) is 12.4 Å². The van der Waals surface area contributed by atoms with Crippen LogP contribution in [-0.2, 0) is 6.42 Å². The van der Waals surface area contributed by atoms with E-state index in [9.17, 15) is 4.79 Å². The van der Waals surface area contributed by atoms with Crippen LogP contribution in [0.15, 0.2) is 54.9 Å². The monoisotopic (exact) mass is 363 g/mol. The van der Waals surface area contributed by atoms with E-state index in [0.29, 0.717) is 24.5 Å². The zero-order valence-electron chi connectivity index (χ0n) is 16.0. The van der Waals surface area contributed by atoms with Gasteiger partial charge in [-0.1, -0.05) is 26.0 Å². The fraction of sp³-hybridized carbons (Fsp3) is 0.273. The maximum Gasteiger partial charge on any atom is 0.255 e. The average Bonchev–Trinajstić information content (AvgIpc) is 3.18. The summed E-state index contributed by atoms with van der Waals surface area (Å²) in [6.07, 6.45) is 4.45. The summed E-state index contributed by atoms with van der Waals surface area (Å²) in [7, 11) is 0. The number of aryl methyl sites for hydroxylation is 1. The highest BCUT2D eigenvalue weighted by molar-refractivity contribution is 5.97. The third-order valence-corrected chi connectivity index (χ3v) is 4.43. The van der Waals surface area contributed by atoms with Gasteiger partial charge in [-0.05, 0) is 60.4 Å². The summed E-state index contributed by atoms with van der Waals surface area (Å²) in [4.78, 5) is 12.2. The third-order valence-electron chi connectivity index (χ3n) is 4.43. The minimum absolute atomic E-state index is 0.0669. The highest BCUT2D eigenvalue weighted by Crippen LogP contribution is 2.26. The molecular weight excluding hydrogens is 338 g/mol. The van der Waals surface area contributed by atoms with Crippen LogP contribution < -0.4 is 10.1 Å². The molecule has 0 spiro atoms. The molecule has 2 aromatic carbocycles. The second-order valence-corrected chi connectivity index (χ2v) is 6.17. The molecule has 0 radical (unpaired) electrons. The Balaban J connectivity index is 0.00000102. The lowest BCUT2D eigenvalue weighted by Gasteiger charge is -2.12. The first-order valence-corrected chi connectivity index (χ1v) is 9.34. The van der Waals surface area contributed by atoms with Gasteiger partial charge in [-0.25, -0.2) is 4.68 Å². The molecule has 1 N–H and O–H groups in total. The van der Waals surface area contributed by atoms with E-state index in [4.69, 9.17) is 4.74 Å². The fourth-order valence-corrected chi connectivity index (χ4v) is 3.04. The highest BCUT2D eigenvalue weighted by atomic mass is 16.5. The van der Waals surface area contributed by atoms with Crippen LogP contribution >= 0.6 is 0 Å². The molecule has 4 rings (SSSR count). The second kappa shape index (κ2) is 8.54. The van der Waals surface area contributed by atoms with Crippen LogP contribution in [0.4, 0.5) is 0 Å². The number of carbonyl (C=O) groups is 1. The van der Waals surface area contributed by atoms with Crippen LogP contribution in [0.25, 0.3) is 5.69 Å². The van der Waals surface area contributed by atoms with Crippen molar-refractivity contribution in [2.24, 2.45) is 0 Å². The van der Waals surface area contributed by atoms with Gasteiger partial charge in [0.1, 0.15) is 12.4 Å². The summed E-state index contributed by atoms with van der Waals surface area (Å²) in [5.74, 6) is 0.605. The molecule has 0 saturated heterocycles. The average molecular weight is 363 g/mol. The number of rotatable bonds is 3. The Bertz CT molecular complexity index is 900. The molecule has 0 bridgehead atoms. The van der Waals surface area contributed by atoms with Crippen molar-refractivity contribution in [3.8, 4) is 11.4 Å². The van der Waals surface area contributed by atoms with Crippen LogP contribution in [0.5, 0.6) is 5.75 Å². The van der Waals surface area contributed by atoms with Gasteiger partial charge in [-0.15, -0.1) is 0 Å². The van der Waals surface area contributed by atoms with E-state index in [-0.39, 0.29) is 5.91 Å². The first-order chi connectivity index (χ1) is 13.2. The topological polar surface area (TPSA) is 56.2 Å². The Labute approximate surface area is 160 Å². The van der Waals surface area contributed by atoms with Crippen molar-refractivity contribution in [2.75, 3.05) is 13.2 Å². The summed E-state index contributed by atoms with van der Waals surface area (Å²) in [6.45, 7) is 7.10. The number of ether oxygens (including phenoxy) is 1. The first kappa shape index (κ1) is 18.7. The largest absolute Gasteiger partial charge is 0.491 e. The van der Waals surface area contributed by atoms with Crippen LogP contribution in [0.3, 0.4) is 0 Å². The Morgan fingerprint density at radius 3 is 2.67 bits per heavy atom. The first-order valence-electron chi connectivity index (χ1n) is 9.34. The maximum atomic E-state index is 12.2. The quantitative estimate of drug-likeness (QED) is 0.767. The summed E-state index contributed by atoms with van der Waals surface area (Å²) in [5, 5.41) is 7.10. The van der Waals surface area contributed by atoms with Gasteiger partial charge in [0.2, 0.25) is 0 Å². The minimum Gasteiger partial charge on any atom is -0.491 e. The minimum atomic E-state index is -0.0669. The molecule has 1 aromatic heterocycles. The molecule has 0 unspecified atom stereocenters. The van der Waals surface area contributed by atoms with E-state index in [0.717, 1.165) is 23.2 Å². The summed E-state index contributed by atoms with van der Waals surface area (Å²) >= 11 is 0. The summed E-state index contributed by atoms with van der Waals surface area (Å²) in [5.41, 5.74) is 5.09. The Morgan fingerprint density at radius 2 is 1.96 bits per heavy atom. The van der Waals surface area contributed by atoms with E-state index >= 15 is 0 Å². The number of nitrogens with one attached hydrogen (secondary N) is 1. The molecule has 0 aliphatic carbocycles. The van der Waals surface area contributed by atoms with E-state index in [2.05, 4.69) is 41.6 Å². The standard InChI is InChI=1S/C20H19N3O2.C2H6/c1-14-11-19-18(20(24)21-8-10-25-19)13-16(14)12-15-3-5-17(6-4-15)23-9-2-7-22-23;1-2/h2-7,9,11,13H,8,10,12H2,1H3,(H,21,24);1-2H3. The normalized spacial score (nSPS) is 12.8. The number of amides is 1. The maximum absolute atomic E-state index is 12.2. The number of carbonyl (C=O) groups excluding carboxylic acids is 1. The van der Waals surface area contributed by atoms with Crippen molar-refractivity contribution in [1.29, 1.82) is 0 Å². The van der Waals surface area contributed by atoms with E-state index in [1.54, 1.807) is 6.20 Å². The number of hydrogen-bond donors (Lipinski definition) is 1. The van der Waals surface area contributed by atoms with Crippen molar-refractivity contribution < 1.29 is 9.53 Å². The second-order valence-electron chi connectivity index (χ2n) is 6.17. The Kier molecular flexibility index (Phi) is 5.91. The predicted molar refractivity (Wildman–Crippen MR) is 107 cm³/mol. The molecule has 3 aromatic rings. The van der Waals surface area contributed by atoms with Gasteiger partial charge >= 0.3 is 0 Å². The molecule has 27 heavy (non-hydrogen) atoms. The summed E-state index contributed by atoms with van der Waals surface area (Å²) in [6, 6.07) is 14.1. The number of fused-ring (bicyclic) bond motifs is 1. The number of aromatic nitrogens is 2. The number of hydrogen-bond acceptors (Lipinski definition) is 3. The lowest BCUT2D eigenvalue weighted by molar-refractivity contribution is 0.0957. The van der Waals surface area contributed by atoms with Gasteiger partial charge in [-0.3, -0.25) is 4.79 Å². The van der Waals surface area contributed by atoms with Crippen LogP contribution in [0, 0.1) is 6.92 Å². The van der Waals surface area contributed by atoms with Crippen molar-refractivity contribution >= 4 is 5.91 Å². The SMILES string of the molecule is CC.Cc1cc2c(cc1Cc1ccc(-n3cccn3)cc1)C(=O)NCCO2. The van der Waals surface area contributed by atoms with Crippen molar-refractivity contribution in [2.45, 2.75) is 27.2 Å². The van der Waals surface area contributed by atoms with Gasteiger partial charge in [0.05, 0.1) is 17.8 Å². The zero-order chi connectivity index (χ0) is 19.2. The van der Waals surface area contributed by atoms with Gasteiger partial charge in [-0.2, -0.15) is 5.10 Å².